The van der Waals surface area contributed by atoms with Gasteiger partial charge < -0.3 is 15.3 Å². The van der Waals surface area contributed by atoms with E-state index in [-0.39, 0.29) is 0 Å². The van der Waals surface area contributed by atoms with Crippen molar-refractivity contribution in [3.8, 4) is 0 Å². The smallest absolute Gasteiger partial charge is 0.0862 e. The van der Waals surface area contributed by atoms with Crippen LogP contribution < -0.4 is 0 Å². The highest BCUT2D eigenvalue weighted by Gasteiger charge is 2.50. The lowest BCUT2D eigenvalue weighted by molar-refractivity contribution is -0.0404. The average molecular weight is 445 g/mol. The molecule has 0 aromatic carbocycles. The Morgan fingerprint density at radius 1 is 1.16 bits per heavy atom. The van der Waals surface area contributed by atoms with Gasteiger partial charge in [0.1, 0.15) is 0 Å². The summed E-state index contributed by atoms with van der Waals surface area (Å²) in [6, 6.07) is 0. The van der Waals surface area contributed by atoms with Gasteiger partial charge in [-0.3, -0.25) is 0 Å². The van der Waals surface area contributed by atoms with Crippen molar-refractivity contribution in [3.63, 3.8) is 0 Å². The fraction of sp³-hybridized carbons (Fsp3) is 0.793. The summed E-state index contributed by atoms with van der Waals surface area (Å²) in [5, 5.41) is 31.3. The number of hydrogen-bond donors (Lipinski definition) is 3. The topological polar surface area (TPSA) is 60.7 Å². The van der Waals surface area contributed by atoms with Gasteiger partial charge >= 0.3 is 0 Å². The van der Waals surface area contributed by atoms with Crippen LogP contribution in [0.3, 0.4) is 0 Å². The number of hydrogen-bond acceptors (Lipinski definition) is 3. The third-order valence-corrected chi connectivity index (χ3v) is 9.39. The van der Waals surface area contributed by atoms with Gasteiger partial charge in [0, 0.05) is 5.41 Å². The molecule has 3 aliphatic carbocycles. The minimum atomic E-state index is -0.701. The van der Waals surface area contributed by atoms with Crippen LogP contribution in [-0.2, 0) is 0 Å². The van der Waals surface area contributed by atoms with Gasteiger partial charge in [0.15, 0.2) is 0 Å². The molecule has 0 spiro atoms. The van der Waals surface area contributed by atoms with Crippen LogP contribution in [0.25, 0.3) is 0 Å². The van der Waals surface area contributed by atoms with Crippen LogP contribution in [0.2, 0.25) is 0 Å². The van der Waals surface area contributed by atoms with E-state index >= 15 is 0 Å². The summed E-state index contributed by atoms with van der Waals surface area (Å²) in [7, 11) is 0. The minimum Gasteiger partial charge on any atom is -0.392 e. The molecule has 0 saturated heterocycles. The van der Waals surface area contributed by atoms with Crippen molar-refractivity contribution in [1.82, 2.24) is 0 Å². The molecule has 3 saturated carbocycles. The number of aliphatic hydroxyl groups excluding tert-OH is 2. The van der Waals surface area contributed by atoms with Crippen molar-refractivity contribution in [1.29, 1.82) is 0 Å². The maximum Gasteiger partial charge on any atom is 0.0862 e. The van der Waals surface area contributed by atoms with Gasteiger partial charge in [0.25, 0.3) is 0 Å². The van der Waals surface area contributed by atoms with E-state index in [1.807, 2.05) is 27.7 Å². The molecule has 3 aliphatic rings. The van der Waals surface area contributed by atoms with Crippen LogP contribution in [0.4, 0.5) is 0 Å². The second-order valence-electron chi connectivity index (χ2n) is 12.7. The van der Waals surface area contributed by atoms with Crippen molar-refractivity contribution >= 4 is 0 Å². The molecule has 6 atom stereocenters. The Kier molecular flexibility index (Phi) is 7.55. The second kappa shape index (κ2) is 9.39. The van der Waals surface area contributed by atoms with E-state index in [4.69, 9.17) is 0 Å². The zero-order valence-electron chi connectivity index (χ0n) is 21.5. The Morgan fingerprint density at radius 3 is 2.50 bits per heavy atom. The van der Waals surface area contributed by atoms with E-state index < -0.39 is 23.2 Å². The standard InChI is InChI=1S/C29H48O3/c1-19(10-8-16-27(3,4)32)23-14-15-24-21(11-9-17-29(23,24)7)12-13-22-18-25(30)28(5,6)26(31)20(22)2/h12-13,19,23-26,30-32H,2,8-11,14-18H2,1,3-7H3/t19-,23?,24?,25-,26+,29-/m1/s1. The molecule has 3 N–H and O–H groups in total. The second-order valence-corrected chi connectivity index (χ2v) is 12.7. The van der Waals surface area contributed by atoms with Crippen LogP contribution in [0, 0.1) is 28.6 Å². The molecular formula is C29H48O3. The van der Waals surface area contributed by atoms with Crippen molar-refractivity contribution in [2.24, 2.45) is 28.6 Å². The number of aliphatic hydroxyl groups is 3. The third-order valence-electron chi connectivity index (χ3n) is 9.39. The summed E-state index contributed by atoms with van der Waals surface area (Å²) in [4.78, 5) is 0. The molecule has 3 rings (SSSR count). The van der Waals surface area contributed by atoms with Crippen LogP contribution in [-0.4, -0.2) is 33.1 Å². The van der Waals surface area contributed by atoms with E-state index in [1.54, 1.807) is 5.57 Å². The predicted octanol–water partition coefficient (Wildman–Crippen LogP) is 6.34. The summed E-state index contributed by atoms with van der Waals surface area (Å²) in [6.07, 6.45) is 13.2. The van der Waals surface area contributed by atoms with Gasteiger partial charge in [-0.1, -0.05) is 64.8 Å². The molecule has 0 radical (unpaired) electrons. The molecule has 0 aromatic rings. The molecule has 3 heteroatoms. The lowest BCUT2D eigenvalue weighted by Gasteiger charge is -2.44. The van der Waals surface area contributed by atoms with E-state index in [0.717, 1.165) is 36.3 Å². The Morgan fingerprint density at radius 2 is 1.84 bits per heavy atom. The molecule has 182 valence electrons. The summed E-state index contributed by atoms with van der Waals surface area (Å²) >= 11 is 0. The summed E-state index contributed by atoms with van der Waals surface area (Å²) in [6.45, 7) is 16.8. The zero-order chi connectivity index (χ0) is 23.9. The SMILES string of the molecule is C=C1C(=CC=C2CCC[C@@]3(C)C2CCC3[C@H](C)CCCC(C)(C)O)C[C@@H](O)C(C)(C)[C@H]1O. The molecule has 0 bridgehead atoms. The Bertz CT molecular complexity index is 753. The van der Waals surface area contributed by atoms with Crippen LogP contribution >= 0.6 is 0 Å². The maximum absolute atomic E-state index is 10.7. The monoisotopic (exact) mass is 444 g/mol. The summed E-state index contributed by atoms with van der Waals surface area (Å²) < 4.78 is 0. The molecule has 3 fully saturated rings. The predicted molar refractivity (Wildman–Crippen MR) is 133 cm³/mol. The zero-order valence-corrected chi connectivity index (χ0v) is 21.5. The first-order chi connectivity index (χ1) is 14.8. The summed E-state index contributed by atoms with van der Waals surface area (Å²) in [5.74, 6) is 2.08. The van der Waals surface area contributed by atoms with Gasteiger partial charge in [-0.05, 0) is 93.1 Å². The molecule has 32 heavy (non-hydrogen) atoms. The highest BCUT2D eigenvalue weighted by molar-refractivity contribution is 5.40. The Balaban J connectivity index is 1.72. The van der Waals surface area contributed by atoms with Gasteiger partial charge in [-0.15, -0.1) is 0 Å². The quantitative estimate of drug-likeness (QED) is 0.448. The lowest BCUT2D eigenvalue weighted by atomic mass is 9.60. The van der Waals surface area contributed by atoms with Crippen molar-refractivity contribution in [2.45, 2.75) is 117 Å². The highest BCUT2D eigenvalue weighted by atomic mass is 16.3. The lowest BCUT2D eigenvalue weighted by Crippen LogP contribution is -2.45. The van der Waals surface area contributed by atoms with Crippen molar-refractivity contribution in [3.05, 3.63) is 35.5 Å². The molecule has 2 unspecified atom stereocenters. The number of allylic oxidation sites excluding steroid dienone is 3. The first-order valence-corrected chi connectivity index (χ1v) is 12.9. The van der Waals surface area contributed by atoms with E-state index in [9.17, 15) is 15.3 Å². The third kappa shape index (κ3) is 5.10. The fourth-order valence-electron chi connectivity index (χ4n) is 7.06. The molecule has 0 aromatic heterocycles. The first-order valence-electron chi connectivity index (χ1n) is 12.9. The van der Waals surface area contributed by atoms with Crippen LogP contribution in [0.1, 0.15) is 99.3 Å². The maximum atomic E-state index is 10.7. The van der Waals surface area contributed by atoms with Crippen molar-refractivity contribution < 1.29 is 15.3 Å². The highest BCUT2D eigenvalue weighted by Crippen LogP contribution is 2.60. The normalized spacial score (nSPS) is 38.8. The van der Waals surface area contributed by atoms with Gasteiger partial charge in [-0.2, -0.15) is 0 Å². The van der Waals surface area contributed by atoms with E-state index in [2.05, 4.69) is 32.6 Å². The van der Waals surface area contributed by atoms with E-state index in [0.29, 0.717) is 23.7 Å². The Hall–Kier alpha value is -0.900. The van der Waals surface area contributed by atoms with Crippen LogP contribution in [0.5, 0.6) is 0 Å². The number of fused-ring (bicyclic) bond motifs is 1. The minimum absolute atomic E-state index is 0.362. The first kappa shape index (κ1) is 25.7. The Labute approximate surface area is 196 Å². The van der Waals surface area contributed by atoms with Gasteiger partial charge in [-0.25, -0.2) is 0 Å². The van der Waals surface area contributed by atoms with Gasteiger partial charge in [0.2, 0.25) is 0 Å². The molecule has 0 heterocycles. The van der Waals surface area contributed by atoms with Crippen LogP contribution in [0.15, 0.2) is 35.5 Å². The molecule has 0 aliphatic heterocycles. The fourth-order valence-corrected chi connectivity index (χ4v) is 7.06. The largest absolute Gasteiger partial charge is 0.392 e. The van der Waals surface area contributed by atoms with E-state index in [1.165, 1.54) is 32.1 Å². The molecular weight excluding hydrogens is 396 g/mol. The summed E-state index contributed by atoms with van der Waals surface area (Å²) in [5.41, 5.74) is 2.57. The number of rotatable bonds is 6. The molecule has 3 nitrogen and oxygen atoms in total. The van der Waals surface area contributed by atoms with Crippen molar-refractivity contribution in [2.75, 3.05) is 0 Å². The molecule has 0 amide bonds. The average Bonchev–Trinajstić information content (AvgIpc) is 3.05. The van der Waals surface area contributed by atoms with Gasteiger partial charge in [0.05, 0.1) is 17.8 Å².